The van der Waals surface area contributed by atoms with Crippen LogP contribution in [0.3, 0.4) is 0 Å². The van der Waals surface area contributed by atoms with Gasteiger partial charge in [0.25, 0.3) is 0 Å². The van der Waals surface area contributed by atoms with E-state index in [1.54, 1.807) is 24.3 Å². The van der Waals surface area contributed by atoms with E-state index in [2.05, 4.69) is 11.9 Å². The first-order valence-corrected chi connectivity index (χ1v) is 4.27. The SMILES string of the molecule is C=CC(C(=O)O)c1ccc(N[C]=O)cc1. The summed E-state index contributed by atoms with van der Waals surface area (Å²) < 4.78 is 0. The van der Waals surface area contributed by atoms with Gasteiger partial charge >= 0.3 is 12.4 Å². The third-order valence-corrected chi connectivity index (χ3v) is 1.97. The van der Waals surface area contributed by atoms with Crippen LogP contribution in [-0.4, -0.2) is 17.5 Å². The van der Waals surface area contributed by atoms with Crippen molar-refractivity contribution in [2.45, 2.75) is 5.92 Å². The highest BCUT2D eigenvalue weighted by Crippen LogP contribution is 2.19. The summed E-state index contributed by atoms with van der Waals surface area (Å²) in [6.45, 7) is 3.46. The molecule has 0 saturated heterocycles. The summed E-state index contributed by atoms with van der Waals surface area (Å²) in [4.78, 5) is 20.8. The zero-order valence-corrected chi connectivity index (χ0v) is 7.93. The molecule has 1 aromatic rings. The average Bonchev–Trinajstić information content (AvgIpc) is 2.21. The molecule has 0 bridgehead atoms. The number of nitrogens with one attached hydrogen (secondary N) is 1. The van der Waals surface area contributed by atoms with Gasteiger partial charge in [-0.25, -0.2) is 0 Å². The van der Waals surface area contributed by atoms with Crippen molar-refractivity contribution in [3.63, 3.8) is 0 Å². The average molecular weight is 204 g/mol. The van der Waals surface area contributed by atoms with E-state index < -0.39 is 11.9 Å². The van der Waals surface area contributed by atoms with Crippen molar-refractivity contribution >= 4 is 18.1 Å². The number of rotatable bonds is 5. The Bertz CT molecular complexity index is 370. The number of hydrogen-bond acceptors (Lipinski definition) is 2. The normalized spacial score (nSPS) is 11.5. The molecule has 0 aromatic heterocycles. The molecule has 77 valence electrons. The Morgan fingerprint density at radius 2 is 2.07 bits per heavy atom. The molecule has 1 amide bonds. The van der Waals surface area contributed by atoms with Crippen molar-refractivity contribution < 1.29 is 14.7 Å². The number of carboxylic acid groups (broad SMARTS) is 1. The van der Waals surface area contributed by atoms with Crippen molar-refractivity contribution in [2.75, 3.05) is 5.32 Å². The van der Waals surface area contributed by atoms with Gasteiger partial charge in [-0.2, -0.15) is 0 Å². The fourth-order valence-corrected chi connectivity index (χ4v) is 1.21. The second kappa shape index (κ2) is 4.95. The molecule has 0 aliphatic carbocycles. The van der Waals surface area contributed by atoms with E-state index in [4.69, 9.17) is 5.11 Å². The van der Waals surface area contributed by atoms with Crippen molar-refractivity contribution in [1.29, 1.82) is 0 Å². The minimum absolute atomic E-state index is 0.571. The third-order valence-electron chi connectivity index (χ3n) is 1.97. The molecule has 1 aromatic carbocycles. The molecule has 2 N–H and O–H groups in total. The molecular formula is C11H10NO3. The maximum Gasteiger partial charge on any atom is 0.314 e. The van der Waals surface area contributed by atoms with Crippen LogP contribution >= 0.6 is 0 Å². The summed E-state index contributed by atoms with van der Waals surface area (Å²) in [6, 6.07) is 6.47. The molecule has 4 heteroatoms. The summed E-state index contributed by atoms with van der Waals surface area (Å²) >= 11 is 0. The van der Waals surface area contributed by atoms with Gasteiger partial charge in [-0.15, -0.1) is 6.58 Å². The monoisotopic (exact) mass is 204 g/mol. The van der Waals surface area contributed by atoms with Gasteiger partial charge in [0.2, 0.25) is 0 Å². The van der Waals surface area contributed by atoms with Crippen LogP contribution in [0.25, 0.3) is 0 Å². The number of benzene rings is 1. The van der Waals surface area contributed by atoms with E-state index in [9.17, 15) is 9.59 Å². The molecular weight excluding hydrogens is 194 g/mol. The summed E-state index contributed by atoms with van der Waals surface area (Å²) in [7, 11) is 0. The summed E-state index contributed by atoms with van der Waals surface area (Å²) in [5.41, 5.74) is 1.19. The van der Waals surface area contributed by atoms with Crippen LogP contribution in [0.1, 0.15) is 11.5 Å². The highest BCUT2D eigenvalue weighted by atomic mass is 16.4. The summed E-state index contributed by atoms with van der Waals surface area (Å²) in [5, 5.41) is 11.2. The maximum absolute atomic E-state index is 10.8. The number of carboxylic acids is 1. The van der Waals surface area contributed by atoms with E-state index in [1.807, 2.05) is 0 Å². The molecule has 0 heterocycles. The van der Waals surface area contributed by atoms with Gasteiger partial charge < -0.3 is 10.4 Å². The highest BCUT2D eigenvalue weighted by molar-refractivity contribution is 5.79. The predicted octanol–water partition coefficient (Wildman–Crippen LogP) is 1.52. The second-order valence-electron chi connectivity index (χ2n) is 2.90. The van der Waals surface area contributed by atoms with Crippen molar-refractivity contribution in [3.8, 4) is 0 Å². The Hall–Kier alpha value is -2.10. The van der Waals surface area contributed by atoms with Gasteiger partial charge in [-0.05, 0) is 17.7 Å². The lowest BCUT2D eigenvalue weighted by atomic mass is 9.99. The van der Waals surface area contributed by atoms with Gasteiger partial charge in [0, 0.05) is 5.69 Å². The van der Waals surface area contributed by atoms with E-state index in [-0.39, 0.29) is 0 Å². The lowest BCUT2D eigenvalue weighted by Crippen LogP contribution is -2.08. The molecule has 1 unspecified atom stereocenters. The lowest BCUT2D eigenvalue weighted by Gasteiger charge is -2.07. The van der Waals surface area contributed by atoms with Gasteiger partial charge in [-0.1, -0.05) is 18.2 Å². The Balaban J connectivity index is 2.91. The Morgan fingerprint density at radius 1 is 1.47 bits per heavy atom. The van der Waals surface area contributed by atoms with Crippen LogP contribution in [-0.2, 0) is 9.59 Å². The smallest absolute Gasteiger partial charge is 0.314 e. The molecule has 1 rings (SSSR count). The number of amides is 1. The van der Waals surface area contributed by atoms with E-state index in [0.29, 0.717) is 11.3 Å². The molecule has 0 saturated carbocycles. The van der Waals surface area contributed by atoms with Crippen molar-refractivity contribution in [2.24, 2.45) is 0 Å². The van der Waals surface area contributed by atoms with Gasteiger partial charge in [0.15, 0.2) is 0 Å². The fourth-order valence-electron chi connectivity index (χ4n) is 1.21. The number of carbonyl (C=O) groups excluding carboxylic acids is 1. The first-order valence-electron chi connectivity index (χ1n) is 4.27. The minimum Gasteiger partial charge on any atom is -0.481 e. The quantitative estimate of drug-likeness (QED) is 0.564. The van der Waals surface area contributed by atoms with E-state index in [1.165, 1.54) is 12.5 Å². The standard InChI is InChI=1S/C11H10NO3/c1-2-10(11(14)15)8-3-5-9(6-4-8)12-7-13/h2-6,10H,1H2,(H,12,13)(H,14,15). The Kier molecular flexibility index (Phi) is 3.62. The van der Waals surface area contributed by atoms with Crippen LogP contribution in [0.5, 0.6) is 0 Å². The molecule has 4 nitrogen and oxygen atoms in total. The van der Waals surface area contributed by atoms with Gasteiger partial charge in [0.05, 0.1) is 5.92 Å². The van der Waals surface area contributed by atoms with Crippen molar-refractivity contribution in [1.82, 2.24) is 0 Å². The molecule has 1 atom stereocenters. The Morgan fingerprint density at radius 3 is 2.47 bits per heavy atom. The number of hydrogen-bond donors (Lipinski definition) is 2. The van der Waals surface area contributed by atoms with Crippen LogP contribution in [0.15, 0.2) is 36.9 Å². The number of aliphatic carboxylic acids is 1. The zero-order valence-electron chi connectivity index (χ0n) is 7.93. The summed E-state index contributed by atoms with van der Waals surface area (Å²) in [5.74, 6) is -1.67. The molecule has 0 fully saturated rings. The first kappa shape index (κ1) is 11.0. The molecule has 0 spiro atoms. The predicted molar refractivity (Wildman–Crippen MR) is 56.3 cm³/mol. The van der Waals surface area contributed by atoms with Gasteiger partial charge in [-0.3, -0.25) is 9.59 Å². The molecule has 0 aliphatic heterocycles. The van der Waals surface area contributed by atoms with Crippen LogP contribution < -0.4 is 5.32 Å². The number of carbonyl (C=O) groups is 1. The highest BCUT2D eigenvalue weighted by Gasteiger charge is 2.14. The molecule has 15 heavy (non-hydrogen) atoms. The maximum atomic E-state index is 10.8. The first-order chi connectivity index (χ1) is 7.19. The largest absolute Gasteiger partial charge is 0.481 e. The van der Waals surface area contributed by atoms with Crippen LogP contribution in [0.2, 0.25) is 0 Å². The van der Waals surface area contributed by atoms with E-state index in [0.717, 1.165) is 0 Å². The third kappa shape index (κ3) is 2.67. The van der Waals surface area contributed by atoms with Crippen molar-refractivity contribution in [3.05, 3.63) is 42.5 Å². The van der Waals surface area contributed by atoms with Crippen LogP contribution in [0, 0.1) is 0 Å². The summed E-state index contributed by atoms with van der Waals surface area (Å²) in [6.07, 6.45) is 2.89. The fraction of sp³-hybridized carbons (Fsp3) is 0.0909. The molecule has 0 aliphatic rings. The lowest BCUT2D eigenvalue weighted by molar-refractivity contribution is -0.137. The second-order valence-corrected chi connectivity index (χ2v) is 2.90. The van der Waals surface area contributed by atoms with E-state index >= 15 is 0 Å². The topological polar surface area (TPSA) is 66.4 Å². The van der Waals surface area contributed by atoms with Gasteiger partial charge in [0.1, 0.15) is 0 Å². The Labute approximate surface area is 87.2 Å². The van der Waals surface area contributed by atoms with Crippen LogP contribution in [0.4, 0.5) is 5.69 Å². The number of anilines is 1. The molecule has 1 radical (unpaired) electrons. The minimum atomic E-state index is -0.951. The zero-order chi connectivity index (χ0) is 11.3.